The average Bonchev–Trinajstić information content (AvgIpc) is 2.60. The largest absolute Gasteiger partial charge is 0.367 e. The van der Waals surface area contributed by atoms with Crippen molar-refractivity contribution in [1.82, 2.24) is 4.90 Å². The first kappa shape index (κ1) is 15.1. The van der Waals surface area contributed by atoms with Gasteiger partial charge in [0.25, 0.3) is 0 Å². The first-order chi connectivity index (χ1) is 9.15. The Kier molecular flexibility index (Phi) is 5.55. The number of hydrogen-bond donors (Lipinski definition) is 0. The summed E-state index contributed by atoms with van der Waals surface area (Å²) in [6.07, 6.45) is 2.40. The van der Waals surface area contributed by atoms with Crippen LogP contribution >= 0.6 is 27.5 Å². The fraction of sp³-hybridized carbons (Fsp3) is 0.600. The lowest BCUT2D eigenvalue weighted by molar-refractivity contribution is 0.328. The highest BCUT2D eigenvalue weighted by atomic mass is 79.9. The number of rotatable bonds is 3. The molecular weight excluding hydrogens is 324 g/mol. The van der Waals surface area contributed by atoms with Gasteiger partial charge in [0, 0.05) is 35.2 Å². The smallest absolute Gasteiger partial charge is 0.0485 e. The third kappa shape index (κ3) is 3.65. The summed E-state index contributed by atoms with van der Waals surface area (Å²) in [5, 5.41) is 0. The molecule has 1 atom stereocenters. The lowest BCUT2D eigenvalue weighted by Gasteiger charge is -2.32. The normalized spacial score (nSPS) is 21.5. The van der Waals surface area contributed by atoms with Crippen molar-refractivity contribution < 1.29 is 0 Å². The minimum Gasteiger partial charge on any atom is -0.367 e. The van der Waals surface area contributed by atoms with Gasteiger partial charge in [0.2, 0.25) is 0 Å². The van der Waals surface area contributed by atoms with Crippen LogP contribution in [0.3, 0.4) is 0 Å². The van der Waals surface area contributed by atoms with Crippen molar-refractivity contribution in [2.75, 3.05) is 31.6 Å². The Balaban J connectivity index is 2.25. The van der Waals surface area contributed by atoms with Crippen LogP contribution in [0.2, 0.25) is 0 Å². The molecule has 1 aliphatic rings. The number of anilines is 1. The van der Waals surface area contributed by atoms with Gasteiger partial charge in [-0.3, -0.25) is 0 Å². The van der Waals surface area contributed by atoms with E-state index in [0.717, 1.165) is 23.1 Å². The maximum absolute atomic E-state index is 5.92. The van der Waals surface area contributed by atoms with Crippen LogP contribution in [0.1, 0.15) is 25.3 Å². The zero-order valence-corrected chi connectivity index (χ0v) is 14.0. The maximum Gasteiger partial charge on any atom is 0.0485 e. The van der Waals surface area contributed by atoms with Crippen LogP contribution in [-0.2, 0) is 5.88 Å². The number of hydrogen-bond acceptors (Lipinski definition) is 2. The second kappa shape index (κ2) is 6.96. The van der Waals surface area contributed by atoms with Gasteiger partial charge in [0.1, 0.15) is 0 Å². The summed E-state index contributed by atoms with van der Waals surface area (Å²) in [4.78, 5) is 4.99. The first-order valence-electron chi connectivity index (χ1n) is 6.95. The topological polar surface area (TPSA) is 6.48 Å². The van der Waals surface area contributed by atoms with Gasteiger partial charge >= 0.3 is 0 Å². The number of likely N-dealkylation sites (N-methyl/N-ethyl adjacent to an activating group) is 1. The molecule has 0 aromatic heterocycles. The summed E-state index contributed by atoms with van der Waals surface area (Å²) < 4.78 is 1.12. The van der Waals surface area contributed by atoms with Gasteiger partial charge in [-0.25, -0.2) is 0 Å². The molecule has 19 heavy (non-hydrogen) atoms. The van der Waals surface area contributed by atoms with E-state index in [9.17, 15) is 0 Å². The van der Waals surface area contributed by atoms with Crippen LogP contribution in [0.25, 0.3) is 0 Å². The Hall–Kier alpha value is -0.250. The van der Waals surface area contributed by atoms with E-state index in [2.05, 4.69) is 57.9 Å². The second-order valence-corrected chi connectivity index (χ2v) is 6.40. The van der Waals surface area contributed by atoms with Gasteiger partial charge in [-0.15, -0.1) is 11.6 Å². The van der Waals surface area contributed by atoms with E-state index < -0.39 is 0 Å². The zero-order chi connectivity index (χ0) is 13.8. The minimum atomic E-state index is 0.556. The number of benzene rings is 1. The summed E-state index contributed by atoms with van der Waals surface area (Å²) >= 11 is 9.55. The Morgan fingerprint density at radius 1 is 1.37 bits per heavy atom. The van der Waals surface area contributed by atoms with E-state index in [-0.39, 0.29) is 0 Å². The maximum atomic E-state index is 5.92. The van der Waals surface area contributed by atoms with E-state index >= 15 is 0 Å². The molecule has 0 radical (unpaired) electrons. The van der Waals surface area contributed by atoms with Crippen molar-refractivity contribution in [1.29, 1.82) is 0 Å². The average molecular weight is 346 g/mol. The molecule has 106 valence electrons. The quantitative estimate of drug-likeness (QED) is 0.761. The number of nitrogens with zero attached hydrogens (tertiary/aromatic N) is 2. The third-order valence-corrected chi connectivity index (χ3v) is 4.91. The molecule has 2 rings (SSSR count). The van der Waals surface area contributed by atoms with E-state index in [1.54, 1.807) is 0 Å². The molecule has 0 N–H and O–H groups in total. The van der Waals surface area contributed by atoms with Crippen molar-refractivity contribution in [2.24, 2.45) is 0 Å². The van der Waals surface area contributed by atoms with Gasteiger partial charge in [-0.1, -0.05) is 28.9 Å². The monoisotopic (exact) mass is 344 g/mol. The molecule has 1 fully saturated rings. The molecule has 0 aliphatic carbocycles. The molecule has 4 heteroatoms. The SMILES string of the molecule is CCC1CN(C)CCCN1c1ccc(CCl)c(Br)c1. The Morgan fingerprint density at radius 2 is 2.16 bits per heavy atom. The van der Waals surface area contributed by atoms with Crippen LogP contribution in [-0.4, -0.2) is 37.6 Å². The summed E-state index contributed by atoms with van der Waals surface area (Å²) in [6, 6.07) is 7.15. The molecule has 2 nitrogen and oxygen atoms in total. The lowest BCUT2D eigenvalue weighted by atomic mass is 10.1. The predicted molar refractivity (Wildman–Crippen MR) is 87.2 cm³/mol. The molecule has 0 amide bonds. The van der Waals surface area contributed by atoms with Crippen molar-refractivity contribution in [3.63, 3.8) is 0 Å². The highest BCUT2D eigenvalue weighted by Crippen LogP contribution is 2.28. The molecule has 0 spiro atoms. The van der Waals surface area contributed by atoms with E-state index in [1.165, 1.54) is 25.1 Å². The Labute approximate surface area is 129 Å². The van der Waals surface area contributed by atoms with Gasteiger partial charge < -0.3 is 9.80 Å². The highest BCUT2D eigenvalue weighted by Gasteiger charge is 2.22. The van der Waals surface area contributed by atoms with E-state index in [1.807, 2.05) is 0 Å². The predicted octanol–water partition coefficient (Wildman–Crippen LogP) is 4.11. The third-order valence-electron chi connectivity index (χ3n) is 3.89. The molecule has 1 saturated heterocycles. The summed E-state index contributed by atoms with van der Waals surface area (Å²) in [5.74, 6) is 0.556. The van der Waals surface area contributed by atoms with Crippen LogP contribution in [0, 0.1) is 0 Å². The van der Waals surface area contributed by atoms with Crippen molar-refractivity contribution >= 4 is 33.2 Å². The van der Waals surface area contributed by atoms with Crippen LogP contribution in [0.4, 0.5) is 5.69 Å². The summed E-state index contributed by atoms with van der Waals surface area (Å²) in [7, 11) is 2.22. The van der Waals surface area contributed by atoms with Gasteiger partial charge in [0.05, 0.1) is 0 Å². The molecule has 1 heterocycles. The molecule has 1 aromatic rings. The van der Waals surface area contributed by atoms with E-state index in [0.29, 0.717) is 11.9 Å². The molecule has 1 aromatic carbocycles. The fourth-order valence-corrected chi connectivity index (χ4v) is 3.66. The van der Waals surface area contributed by atoms with E-state index in [4.69, 9.17) is 11.6 Å². The minimum absolute atomic E-state index is 0.556. The fourth-order valence-electron chi connectivity index (χ4n) is 2.76. The Morgan fingerprint density at radius 3 is 2.79 bits per heavy atom. The highest BCUT2D eigenvalue weighted by molar-refractivity contribution is 9.10. The molecule has 0 bridgehead atoms. The molecule has 1 aliphatic heterocycles. The van der Waals surface area contributed by atoms with Crippen molar-refractivity contribution in [2.45, 2.75) is 31.7 Å². The second-order valence-electron chi connectivity index (χ2n) is 5.28. The van der Waals surface area contributed by atoms with Gasteiger partial charge in [-0.05, 0) is 44.1 Å². The van der Waals surface area contributed by atoms with Crippen LogP contribution in [0.5, 0.6) is 0 Å². The Bertz CT molecular complexity index is 425. The van der Waals surface area contributed by atoms with Gasteiger partial charge in [-0.2, -0.15) is 0 Å². The molecule has 1 unspecified atom stereocenters. The van der Waals surface area contributed by atoms with Crippen LogP contribution in [0.15, 0.2) is 22.7 Å². The zero-order valence-electron chi connectivity index (χ0n) is 11.7. The van der Waals surface area contributed by atoms with Gasteiger partial charge in [0.15, 0.2) is 0 Å². The standard InChI is InChI=1S/C15H22BrClN2/c1-3-13-11-18(2)7-4-8-19(13)14-6-5-12(10-17)15(16)9-14/h5-6,9,13H,3-4,7-8,10-11H2,1-2H3. The van der Waals surface area contributed by atoms with Crippen LogP contribution < -0.4 is 4.90 Å². The molecular formula is C15H22BrClN2. The summed E-state index contributed by atoms with van der Waals surface area (Å²) in [5.41, 5.74) is 2.47. The van der Waals surface area contributed by atoms with Crippen molar-refractivity contribution in [3.8, 4) is 0 Å². The lowest BCUT2D eigenvalue weighted by Crippen LogP contribution is -2.39. The van der Waals surface area contributed by atoms with Crippen molar-refractivity contribution in [3.05, 3.63) is 28.2 Å². The summed E-state index contributed by atoms with van der Waals surface area (Å²) in [6.45, 7) is 5.74. The number of halogens is 2. The molecule has 0 saturated carbocycles. The first-order valence-corrected chi connectivity index (χ1v) is 8.28. The number of alkyl halides is 1.